The molecule has 0 saturated heterocycles. The second-order valence-electron chi connectivity index (χ2n) is 6.06. The minimum atomic E-state index is 0.0394. The van der Waals surface area contributed by atoms with Crippen LogP contribution in [0.2, 0.25) is 0 Å². The number of aliphatic imine (C=N–C) groups is 1. The summed E-state index contributed by atoms with van der Waals surface area (Å²) >= 11 is 0. The summed E-state index contributed by atoms with van der Waals surface area (Å²) in [6, 6.07) is 0. The maximum Gasteiger partial charge on any atom is 0.230 e. The van der Waals surface area contributed by atoms with Crippen LogP contribution in [0.4, 0.5) is 0 Å². The van der Waals surface area contributed by atoms with Crippen LogP contribution in [-0.2, 0) is 4.79 Å². The van der Waals surface area contributed by atoms with Gasteiger partial charge in [-0.25, -0.2) is 0 Å². The highest BCUT2D eigenvalue weighted by molar-refractivity contribution is 5.88. The molecule has 1 atom stereocenters. The van der Waals surface area contributed by atoms with Crippen molar-refractivity contribution in [1.82, 2.24) is 4.90 Å². The van der Waals surface area contributed by atoms with Crippen LogP contribution < -0.4 is 0 Å². The summed E-state index contributed by atoms with van der Waals surface area (Å²) in [4.78, 5) is 18.2. The van der Waals surface area contributed by atoms with E-state index in [1.807, 2.05) is 39.0 Å². The summed E-state index contributed by atoms with van der Waals surface area (Å²) in [7, 11) is 1.78. The molecular formula is C19H32N2O. The maximum absolute atomic E-state index is 12.2. The van der Waals surface area contributed by atoms with Crippen LogP contribution in [0.5, 0.6) is 0 Å². The van der Waals surface area contributed by atoms with Gasteiger partial charge in [0.1, 0.15) is 0 Å². The molecule has 0 spiro atoms. The minimum absolute atomic E-state index is 0.0394. The molecule has 0 saturated carbocycles. The predicted octanol–water partition coefficient (Wildman–Crippen LogP) is 4.62. The van der Waals surface area contributed by atoms with Crippen molar-refractivity contribution in [3.8, 4) is 0 Å². The summed E-state index contributed by atoms with van der Waals surface area (Å²) in [5.74, 6) is 0.697. The highest BCUT2D eigenvalue weighted by Gasteiger charge is 2.17. The van der Waals surface area contributed by atoms with Crippen molar-refractivity contribution in [2.75, 3.05) is 13.6 Å². The van der Waals surface area contributed by atoms with E-state index in [2.05, 4.69) is 31.0 Å². The monoisotopic (exact) mass is 304 g/mol. The lowest BCUT2D eigenvalue weighted by atomic mass is 9.98. The number of nitrogens with zero attached hydrogens (tertiary/aromatic N) is 2. The zero-order chi connectivity index (χ0) is 17.0. The average Bonchev–Trinajstić information content (AvgIpc) is 2.47. The topological polar surface area (TPSA) is 32.7 Å². The van der Waals surface area contributed by atoms with Gasteiger partial charge in [0.05, 0.1) is 12.9 Å². The first kappa shape index (κ1) is 20.4. The zero-order valence-corrected chi connectivity index (χ0v) is 15.0. The molecule has 0 bridgehead atoms. The Hall–Kier alpha value is -1.64. The molecule has 22 heavy (non-hydrogen) atoms. The summed E-state index contributed by atoms with van der Waals surface area (Å²) in [5, 5.41) is 0. The van der Waals surface area contributed by atoms with Gasteiger partial charge in [0, 0.05) is 13.0 Å². The van der Waals surface area contributed by atoms with Crippen molar-refractivity contribution >= 4 is 12.2 Å². The number of allylic oxidation sites excluding steroid dienone is 5. The van der Waals surface area contributed by atoms with E-state index in [9.17, 15) is 4.79 Å². The molecule has 3 nitrogen and oxygen atoms in total. The van der Waals surface area contributed by atoms with Gasteiger partial charge in [-0.1, -0.05) is 51.2 Å². The number of carbonyl (C=O) groups excluding carboxylic acids is 1. The second-order valence-corrected chi connectivity index (χ2v) is 6.06. The van der Waals surface area contributed by atoms with E-state index in [1.165, 1.54) is 5.57 Å². The zero-order valence-electron chi connectivity index (χ0n) is 15.0. The van der Waals surface area contributed by atoms with E-state index in [0.717, 1.165) is 12.8 Å². The number of hydrogen-bond acceptors (Lipinski definition) is 2. The molecule has 0 aliphatic rings. The number of amides is 1. The molecule has 0 rings (SSSR count). The largest absolute Gasteiger partial charge is 0.306 e. The quantitative estimate of drug-likeness (QED) is 0.265. The first-order valence-electron chi connectivity index (χ1n) is 8.10. The Bertz CT molecular complexity index is 431. The van der Waals surface area contributed by atoms with Crippen molar-refractivity contribution in [3.05, 3.63) is 36.0 Å². The van der Waals surface area contributed by atoms with Crippen molar-refractivity contribution in [1.29, 1.82) is 0 Å². The fraction of sp³-hybridized carbons (Fsp3) is 0.579. The van der Waals surface area contributed by atoms with E-state index in [-0.39, 0.29) is 11.8 Å². The first-order chi connectivity index (χ1) is 10.4. The minimum Gasteiger partial charge on any atom is -0.306 e. The molecule has 124 valence electrons. The van der Waals surface area contributed by atoms with Gasteiger partial charge < -0.3 is 4.90 Å². The van der Waals surface area contributed by atoms with E-state index < -0.39 is 0 Å². The van der Waals surface area contributed by atoms with E-state index in [0.29, 0.717) is 12.5 Å². The Morgan fingerprint density at radius 1 is 1.18 bits per heavy atom. The second kappa shape index (κ2) is 12.0. The van der Waals surface area contributed by atoms with Crippen LogP contribution >= 0.6 is 0 Å². The van der Waals surface area contributed by atoms with Gasteiger partial charge in [-0.3, -0.25) is 9.79 Å². The van der Waals surface area contributed by atoms with Crippen molar-refractivity contribution < 1.29 is 4.79 Å². The fourth-order valence-electron chi connectivity index (χ4n) is 2.18. The van der Waals surface area contributed by atoms with Gasteiger partial charge in [0.2, 0.25) is 5.91 Å². The molecule has 0 heterocycles. The molecule has 0 aromatic carbocycles. The van der Waals surface area contributed by atoms with E-state index in [1.54, 1.807) is 18.3 Å². The smallest absolute Gasteiger partial charge is 0.230 e. The van der Waals surface area contributed by atoms with Gasteiger partial charge in [0.25, 0.3) is 0 Å². The molecule has 1 unspecified atom stereocenters. The Morgan fingerprint density at radius 2 is 1.86 bits per heavy atom. The van der Waals surface area contributed by atoms with Gasteiger partial charge in [-0.15, -0.1) is 0 Å². The maximum atomic E-state index is 12.2. The lowest BCUT2D eigenvalue weighted by Crippen LogP contribution is -2.31. The van der Waals surface area contributed by atoms with Crippen LogP contribution in [0, 0.1) is 11.8 Å². The fourth-order valence-corrected chi connectivity index (χ4v) is 2.18. The Morgan fingerprint density at radius 3 is 2.41 bits per heavy atom. The van der Waals surface area contributed by atoms with Gasteiger partial charge in [-0.2, -0.15) is 0 Å². The summed E-state index contributed by atoms with van der Waals surface area (Å²) < 4.78 is 0. The van der Waals surface area contributed by atoms with Crippen LogP contribution in [0.1, 0.15) is 47.5 Å². The number of hydrogen-bond donors (Lipinski definition) is 0. The van der Waals surface area contributed by atoms with Crippen LogP contribution in [0.3, 0.4) is 0 Å². The van der Waals surface area contributed by atoms with Crippen LogP contribution in [-0.4, -0.2) is 30.7 Å². The van der Waals surface area contributed by atoms with Crippen molar-refractivity contribution in [2.24, 2.45) is 16.8 Å². The van der Waals surface area contributed by atoms with E-state index in [4.69, 9.17) is 0 Å². The molecule has 3 heteroatoms. The molecule has 0 aromatic rings. The van der Waals surface area contributed by atoms with Gasteiger partial charge in [-0.05, 0) is 38.2 Å². The third-order valence-electron chi connectivity index (χ3n) is 3.28. The molecule has 0 radical (unpaired) electrons. The average molecular weight is 304 g/mol. The molecule has 0 fully saturated rings. The highest BCUT2D eigenvalue weighted by Crippen LogP contribution is 2.12. The summed E-state index contributed by atoms with van der Waals surface area (Å²) in [6.45, 7) is 10.9. The van der Waals surface area contributed by atoms with Crippen LogP contribution in [0.25, 0.3) is 0 Å². The molecule has 0 N–H and O–H groups in total. The highest BCUT2D eigenvalue weighted by atomic mass is 16.2. The lowest BCUT2D eigenvalue weighted by Gasteiger charge is -2.18. The van der Waals surface area contributed by atoms with Gasteiger partial charge in [0.15, 0.2) is 0 Å². The SMILES string of the molecule is C/C=C\C=C(/C/C=C\C)CN=CN(C)C(=O)C(C)CC(C)C. The lowest BCUT2D eigenvalue weighted by molar-refractivity contribution is -0.130. The Labute approximate surface area is 136 Å². The third kappa shape index (κ3) is 9.32. The van der Waals surface area contributed by atoms with E-state index >= 15 is 0 Å². The first-order valence-corrected chi connectivity index (χ1v) is 8.10. The Kier molecular flexibility index (Phi) is 11.1. The molecule has 0 aliphatic heterocycles. The summed E-state index contributed by atoms with van der Waals surface area (Å²) in [6.07, 6.45) is 13.7. The van der Waals surface area contributed by atoms with Crippen LogP contribution in [0.15, 0.2) is 40.9 Å². The standard InChI is InChI=1S/C19H32N2O/c1-7-9-11-18(12-10-8-2)14-20-15-21(6)19(22)17(5)13-16(3)4/h7-11,15-17H,12-14H2,1-6H3/b9-7-,10-8-,18-11+,20-15?. The molecule has 1 amide bonds. The number of carbonyl (C=O) groups is 1. The third-order valence-corrected chi connectivity index (χ3v) is 3.28. The van der Waals surface area contributed by atoms with Gasteiger partial charge >= 0.3 is 0 Å². The number of rotatable bonds is 9. The van der Waals surface area contributed by atoms with Crippen molar-refractivity contribution in [2.45, 2.75) is 47.5 Å². The predicted molar refractivity (Wildman–Crippen MR) is 97.1 cm³/mol. The van der Waals surface area contributed by atoms with Crippen molar-refractivity contribution in [3.63, 3.8) is 0 Å². The molecular weight excluding hydrogens is 272 g/mol. The molecule has 0 aliphatic carbocycles. The molecule has 0 aromatic heterocycles. The Balaban J connectivity index is 4.57. The normalized spacial score (nSPS) is 14.6. The summed E-state index contributed by atoms with van der Waals surface area (Å²) in [5.41, 5.74) is 1.23.